The summed E-state index contributed by atoms with van der Waals surface area (Å²) in [5.41, 5.74) is -0.441. The molecule has 1 heterocycles. The van der Waals surface area contributed by atoms with Crippen LogP contribution in [0.15, 0.2) is 24.3 Å². The Morgan fingerprint density at radius 1 is 1.28 bits per heavy atom. The predicted octanol–water partition coefficient (Wildman–Crippen LogP) is 1.68. The van der Waals surface area contributed by atoms with Gasteiger partial charge in [0.1, 0.15) is 17.8 Å². The molecule has 0 unspecified atom stereocenters. The molecule has 0 bridgehead atoms. The maximum Gasteiger partial charge on any atom is 0.327 e. The molecule has 2 atom stereocenters. The fourth-order valence-corrected chi connectivity index (χ4v) is 3.26. The summed E-state index contributed by atoms with van der Waals surface area (Å²) in [6.07, 6.45) is 0.636. The van der Waals surface area contributed by atoms with Crippen molar-refractivity contribution in [2.24, 2.45) is 5.92 Å². The van der Waals surface area contributed by atoms with Crippen LogP contribution in [0.5, 0.6) is 5.75 Å². The van der Waals surface area contributed by atoms with Crippen LogP contribution in [0.3, 0.4) is 0 Å². The van der Waals surface area contributed by atoms with Crippen LogP contribution in [0.1, 0.15) is 33.6 Å². The average molecular weight is 403 g/mol. The van der Waals surface area contributed by atoms with E-state index in [2.05, 4.69) is 10.6 Å². The number of rotatable bonds is 8. The van der Waals surface area contributed by atoms with Gasteiger partial charge in [-0.05, 0) is 63.8 Å². The van der Waals surface area contributed by atoms with Crippen molar-refractivity contribution in [1.82, 2.24) is 10.2 Å². The molecule has 1 aliphatic carbocycles. The molecule has 9 heteroatoms. The quantitative estimate of drug-likeness (QED) is 0.504. The van der Waals surface area contributed by atoms with Gasteiger partial charge >= 0.3 is 12.0 Å². The van der Waals surface area contributed by atoms with Crippen molar-refractivity contribution in [1.29, 1.82) is 0 Å². The van der Waals surface area contributed by atoms with Gasteiger partial charge in [-0.15, -0.1) is 0 Å². The van der Waals surface area contributed by atoms with E-state index in [1.54, 1.807) is 31.2 Å². The number of carbonyl (C=O) groups excluding carboxylic acids is 4. The number of urea groups is 1. The topological polar surface area (TPSA) is 114 Å². The second kappa shape index (κ2) is 8.10. The summed E-state index contributed by atoms with van der Waals surface area (Å²) in [6.45, 7) is 4.96. The number of nitrogens with one attached hydrogen (secondary N) is 2. The van der Waals surface area contributed by atoms with Gasteiger partial charge in [-0.2, -0.15) is 0 Å². The number of benzene rings is 1. The highest BCUT2D eigenvalue weighted by Crippen LogP contribution is 2.42. The number of ether oxygens (including phenoxy) is 2. The van der Waals surface area contributed by atoms with Crippen molar-refractivity contribution in [2.45, 2.75) is 45.3 Å². The number of carbonyl (C=O) groups is 4. The smallest absolute Gasteiger partial charge is 0.327 e. The minimum atomic E-state index is -1.09. The van der Waals surface area contributed by atoms with Crippen LogP contribution in [0.4, 0.5) is 10.5 Å². The molecule has 4 amide bonds. The van der Waals surface area contributed by atoms with Gasteiger partial charge in [0, 0.05) is 5.69 Å². The molecule has 1 aliphatic heterocycles. The summed E-state index contributed by atoms with van der Waals surface area (Å²) in [5.74, 6) is -1.02. The van der Waals surface area contributed by atoms with E-state index in [0.717, 1.165) is 17.7 Å². The zero-order valence-electron chi connectivity index (χ0n) is 16.7. The van der Waals surface area contributed by atoms with E-state index in [-0.39, 0.29) is 5.92 Å². The molecule has 1 saturated heterocycles. The Labute approximate surface area is 168 Å². The first-order valence-corrected chi connectivity index (χ1v) is 9.62. The summed E-state index contributed by atoms with van der Waals surface area (Å²) >= 11 is 0. The highest BCUT2D eigenvalue weighted by atomic mass is 16.5. The van der Waals surface area contributed by atoms with E-state index >= 15 is 0 Å². The third kappa shape index (κ3) is 4.49. The van der Waals surface area contributed by atoms with Gasteiger partial charge in [0.2, 0.25) is 0 Å². The number of hydrogen-bond acceptors (Lipinski definition) is 6. The molecule has 9 nitrogen and oxygen atoms in total. The van der Waals surface area contributed by atoms with Crippen molar-refractivity contribution in [3.05, 3.63) is 24.3 Å². The van der Waals surface area contributed by atoms with E-state index in [1.165, 1.54) is 6.92 Å². The fourth-order valence-electron chi connectivity index (χ4n) is 3.26. The molecule has 1 aromatic rings. The molecule has 0 spiro atoms. The number of imide groups is 1. The van der Waals surface area contributed by atoms with Crippen molar-refractivity contribution in [2.75, 3.05) is 18.5 Å². The maximum absolute atomic E-state index is 12.5. The molecule has 29 heavy (non-hydrogen) atoms. The lowest BCUT2D eigenvalue weighted by atomic mass is 9.96. The third-order valence-electron chi connectivity index (χ3n) is 5.09. The van der Waals surface area contributed by atoms with Gasteiger partial charge in [0.05, 0.1) is 6.61 Å². The predicted molar refractivity (Wildman–Crippen MR) is 103 cm³/mol. The number of nitrogens with zero attached hydrogens (tertiary/aromatic N) is 1. The van der Waals surface area contributed by atoms with Gasteiger partial charge in [-0.3, -0.25) is 19.3 Å². The Bertz CT molecular complexity index is 820. The van der Waals surface area contributed by atoms with Crippen molar-refractivity contribution in [3.8, 4) is 5.75 Å². The molecule has 1 aromatic carbocycles. The van der Waals surface area contributed by atoms with Crippen LogP contribution in [0.25, 0.3) is 0 Å². The second-order valence-corrected chi connectivity index (χ2v) is 7.38. The van der Waals surface area contributed by atoms with Crippen LogP contribution in [-0.2, 0) is 19.1 Å². The largest absolute Gasteiger partial charge is 0.494 e. The van der Waals surface area contributed by atoms with Crippen molar-refractivity contribution in [3.63, 3.8) is 0 Å². The molecule has 2 aliphatic rings. The first-order valence-electron chi connectivity index (χ1n) is 9.62. The Hall–Kier alpha value is -3.10. The lowest BCUT2D eigenvalue weighted by Gasteiger charge is -2.21. The summed E-state index contributed by atoms with van der Waals surface area (Å²) in [5, 5.41) is 5.29. The molecule has 0 aromatic heterocycles. The van der Waals surface area contributed by atoms with Gasteiger partial charge in [-0.1, -0.05) is 0 Å². The highest BCUT2D eigenvalue weighted by Gasteiger charge is 2.56. The summed E-state index contributed by atoms with van der Waals surface area (Å²) in [6, 6.07) is 6.15. The SMILES string of the molecule is CCOc1ccc(NC(=O)[C@H](C)OC(=O)CN2C(=O)N[C@@](C)(C3CC3)C2=O)cc1. The van der Waals surface area contributed by atoms with E-state index in [0.29, 0.717) is 18.0 Å². The van der Waals surface area contributed by atoms with Crippen LogP contribution < -0.4 is 15.4 Å². The molecule has 2 fully saturated rings. The monoisotopic (exact) mass is 403 g/mol. The van der Waals surface area contributed by atoms with E-state index < -0.39 is 42.0 Å². The molecule has 3 rings (SSSR count). The summed E-state index contributed by atoms with van der Waals surface area (Å²) in [7, 11) is 0. The molecule has 0 radical (unpaired) electrons. The minimum Gasteiger partial charge on any atom is -0.494 e. The zero-order chi connectivity index (χ0) is 21.2. The first kappa shape index (κ1) is 20.6. The van der Waals surface area contributed by atoms with Gasteiger partial charge < -0.3 is 20.1 Å². The van der Waals surface area contributed by atoms with E-state index in [1.807, 2.05) is 6.92 Å². The number of esters is 1. The molecular formula is C20H25N3O6. The molecule has 156 valence electrons. The van der Waals surface area contributed by atoms with Crippen LogP contribution in [-0.4, -0.2) is 53.5 Å². The Morgan fingerprint density at radius 2 is 1.93 bits per heavy atom. The van der Waals surface area contributed by atoms with Crippen molar-refractivity contribution < 1.29 is 28.7 Å². The zero-order valence-corrected chi connectivity index (χ0v) is 16.7. The standard InChI is InChI=1S/C20H25N3O6/c1-4-28-15-9-7-14(8-10-15)21-17(25)12(2)29-16(24)11-23-18(26)20(3,13-5-6-13)22-19(23)27/h7-10,12-13H,4-6,11H2,1-3H3,(H,21,25)(H,22,27)/t12-,20-/m0/s1. The first-order chi connectivity index (χ1) is 13.7. The van der Waals surface area contributed by atoms with Crippen LogP contribution in [0, 0.1) is 5.92 Å². The van der Waals surface area contributed by atoms with Crippen molar-refractivity contribution >= 4 is 29.5 Å². The number of anilines is 1. The van der Waals surface area contributed by atoms with Gasteiger partial charge in [0.15, 0.2) is 6.10 Å². The van der Waals surface area contributed by atoms with E-state index in [9.17, 15) is 19.2 Å². The minimum absolute atomic E-state index is 0.0961. The summed E-state index contributed by atoms with van der Waals surface area (Å²) in [4.78, 5) is 49.9. The average Bonchev–Trinajstić information content (AvgIpc) is 3.49. The molecular weight excluding hydrogens is 378 g/mol. The molecule has 1 saturated carbocycles. The Morgan fingerprint density at radius 3 is 2.52 bits per heavy atom. The van der Waals surface area contributed by atoms with Crippen LogP contribution in [0.2, 0.25) is 0 Å². The summed E-state index contributed by atoms with van der Waals surface area (Å²) < 4.78 is 10.4. The highest BCUT2D eigenvalue weighted by molar-refractivity contribution is 6.09. The Balaban J connectivity index is 1.51. The third-order valence-corrected chi connectivity index (χ3v) is 5.09. The van der Waals surface area contributed by atoms with Gasteiger partial charge in [-0.25, -0.2) is 4.79 Å². The number of hydrogen-bond donors (Lipinski definition) is 2. The Kier molecular flexibility index (Phi) is 5.76. The lowest BCUT2D eigenvalue weighted by molar-refractivity contribution is -0.155. The second-order valence-electron chi connectivity index (χ2n) is 7.38. The fraction of sp³-hybridized carbons (Fsp3) is 0.500. The maximum atomic E-state index is 12.5. The van der Waals surface area contributed by atoms with Gasteiger partial charge in [0.25, 0.3) is 11.8 Å². The normalized spacial score (nSPS) is 22.1. The molecule has 2 N–H and O–H groups in total. The van der Waals surface area contributed by atoms with Crippen LogP contribution >= 0.6 is 0 Å². The van der Waals surface area contributed by atoms with E-state index in [4.69, 9.17) is 9.47 Å². The lowest BCUT2D eigenvalue weighted by Crippen LogP contribution is -2.46. The number of amides is 4.